The van der Waals surface area contributed by atoms with Crippen molar-refractivity contribution >= 4 is 34.3 Å². The number of fused-ring (bicyclic) bond motifs is 1. The van der Waals surface area contributed by atoms with Crippen molar-refractivity contribution in [3.8, 4) is 34.3 Å². The lowest BCUT2D eigenvalue weighted by atomic mass is 10.1. The number of ether oxygens (including phenoxy) is 4. The Morgan fingerprint density at radius 3 is 2.27 bits per heavy atom. The van der Waals surface area contributed by atoms with Crippen LogP contribution in [0.5, 0.6) is 23.0 Å². The summed E-state index contributed by atoms with van der Waals surface area (Å²) in [5, 5.41) is 0.0904. The minimum Gasteiger partial charge on any atom is -0.497 e. The molecular weight excluding hydrogens is 494 g/mol. The molecule has 3 aromatic carbocycles. The molecule has 2 heterocycles. The molecule has 190 valence electrons. The third kappa shape index (κ3) is 4.35. The largest absolute Gasteiger partial charge is 0.497 e. The Hall–Kier alpha value is -4.11. The van der Waals surface area contributed by atoms with Crippen molar-refractivity contribution in [2.24, 2.45) is 0 Å². The number of rotatable bonds is 7. The SMILES string of the molecule is COc1ccc(C2SCC(=O)N2c2ccc3oc(-c4ccc(OC)c(OC)c4)c(OC)c(=O)c3c2)cc1. The van der Waals surface area contributed by atoms with Crippen LogP contribution in [-0.2, 0) is 4.79 Å². The van der Waals surface area contributed by atoms with E-state index in [0.717, 1.165) is 11.3 Å². The van der Waals surface area contributed by atoms with Crippen molar-refractivity contribution in [1.82, 2.24) is 0 Å². The second kappa shape index (κ2) is 10.1. The first-order chi connectivity index (χ1) is 18.0. The van der Waals surface area contributed by atoms with Gasteiger partial charge in [-0.05, 0) is 54.1 Å². The van der Waals surface area contributed by atoms with Gasteiger partial charge in [0.2, 0.25) is 17.1 Å². The smallest absolute Gasteiger partial charge is 0.238 e. The van der Waals surface area contributed by atoms with E-state index in [4.69, 9.17) is 23.4 Å². The first-order valence-corrected chi connectivity index (χ1v) is 12.5. The normalized spacial score (nSPS) is 15.2. The summed E-state index contributed by atoms with van der Waals surface area (Å²) in [7, 11) is 6.12. The Balaban J connectivity index is 1.59. The maximum atomic E-state index is 13.5. The van der Waals surface area contributed by atoms with Gasteiger partial charge in [-0.15, -0.1) is 11.8 Å². The molecule has 37 heavy (non-hydrogen) atoms. The molecule has 1 unspecified atom stereocenters. The van der Waals surface area contributed by atoms with E-state index >= 15 is 0 Å². The van der Waals surface area contributed by atoms with Gasteiger partial charge in [0.05, 0.1) is 39.6 Å². The van der Waals surface area contributed by atoms with Crippen LogP contribution in [0.15, 0.2) is 69.9 Å². The topological polar surface area (TPSA) is 87.4 Å². The zero-order valence-electron chi connectivity index (χ0n) is 20.8. The average Bonchev–Trinajstić information content (AvgIpc) is 3.33. The van der Waals surface area contributed by atoms with E-state index in [-0.39, 0.29) is 28.2 Å². The second-order valence-electron chi connectivity index (χ2n) is 8.24. The lowest BCUT2D eigenvalue weighted by Crippen LogP contribution is -2.27. The minimum absolute atomic E-state index is 0.0385. The van der Waals surface area contributed by atoms with Gasteiger partial charge in [-0.3, -0.25) is 14.5 Å². The summed E-state index contributed by atoms with van der Waals surface area (Å²) in [6.45, 7) is 0. The van der Waals surface area contributed by atoms with E-state index in [2.05, 4.69) is 0 Å². The first kappa shape index (κ1) is 24.6. The third-order valence-corrected chi connectivity index (χ3v) is 7.44. The highest BCUT2D eigenvalue weighted by Crippen LogP contribution is 2.43. The number of benzene rings is 3. The zero-order chi connectivity index (χ0) is 26.1. The predicted molar refractivity (Wildman–Crippen MR) is 143 cm³/mol. The van der Waals surface area contributed by atoms with Gasteiger partial charge in [-0.1, -0.05) is 12.1 Å². The molecule has 0 N–H and O–H groups in total. The van der Waals surface area contributed by atoms with Crippen LogP contribution in [0, 0.1) is 0 Å². The van der Waals surface area contributed by atoms with Gasteiger partial charge >= 0.3 is 0 Å². The monoisotopic (exact) mass is 519 g/mol. The first-order valence-electron chi connectivity index (χ1n) is 11.4. The van der Waals surface area contributed by atoms with Crippen LogP contribution in [0.4, 0.5) is 5.69 Å². The van der Waals surface area contributed by atoms with Crippen LogP contribution in [-0.4, -0.2) is 40.1 Å². The second-order valence-corrected chi connectivity index (χ2v) is 9.31. The van der Waals surface area contributed by atoms with Gasteiger partial charge in [0.15, 0.2) is 17.3 Å². The zero-order valence-corrected chi connectivity index (χ0v) is 21.6. The van der Waals surface area contributed by atoms with Crippen molar-refractivity contribution in [3.05, 3.63) is 76.5 Å². The van der Waals surface area contributed by atoms with E-state index < -0.39 is 0 Å². The summed E-state index contributed by atoms with van der Waals surface area (Å²) in [4.78, 5) is 28.2. The lowest BCUT2D eigenvalue weighted by molar-refractivity contribution is -0.115. The molecule has 1 atom stereocenters. The quantitative estimate of drug-likeness (QED) is 0.326. The van der Waals surface area contributed by atoms with Crippen molar-refractivity contribution in [1.29, 1.82) is 0 Å². The van der Waals surface area contributed by atoms with Crippen molar-refractivity contribution in [3.63, 3.8) is 0 Å². The number of hydrogen-bond donors (Lipinski definition) is 0. The molecule has 1 saturated heterocycles. The standard InChI is InChI=1S/C28H25NO7S/c1-32-19-9-5-16(6-10-19)28-29(24(30)15-37-28)18-8-12-21-20(14-18)25(31)27(35-4)26(36-21)17-7-11-22(33-2)23(13-17)34-3/h5-14,28H,15H2,1-4H3. The summed E-state index contributed by atoms with van der Waals surface area (Å²) < 4.78 is 27.6. The van der Waals surface area contributed by atoms with Crippen LogP contribution >= 0.6 is 11.8 Å². The lowest BCUT2D eigenvalue weighted by Gasteiger charge is -2.24. The number of hydrogen-bond acceptors (Lipinski definition) is 8. The Kier molecular flexibility index (Phi) is 6.71. The fourth-order valence-corrected chi connectivity index (χ4v) is 5.56. The molecule has 0 spiro atoms. The molecule has 0 radical (unpaired) electrons. The van der Waals surface area contributed by atoms with Crippen LogP contribution in [0.25, 0.3) is 22.3 Å². The molecule has 1 fully saturated rings. The van der Waals surface area contributed by atoms with E-state index in [9.17, 15) is 9.59 Å². The van der Waals surface area contributed by atoms with Gasteiger partial charge in [0, 0.05) is 11.3 Å². The molecule has 4 aromatic rings. The van der Waals surface area contributed by atoms with Gasteiger partial charge in [0.1, 0.15) is 16.7 Å². The third-order valence-electron chi connectivity index (χ3n) is 6.23. The number of carbonyl (C=O) groups excluding carboxylic acids is 1. The summed E-state index contributed by atoms with van der Waals surface area (Å²) >= 11 is 1.53. The summed E-state index contributed by atoms with van der Waals surface area (Å²) in [6.07, 6.45) is 0. The maximum Gasteiger partial charge on any atom is 0.238 e. The summed E-state index contributed by atoms with van der Waals surface area (Å²) in [5.74, 6) is 2.43. The Bertz CT molecular complexity index is 1530. The van der Waals surface area contributed by atoms with E-state index in [1.165, 1.54) is 26.0 Å². The maximum absolute atomic E-state index is 13.5. The highest BCUT2D eigenvalue weighted by molar-refractivity contribution is 8.00. The molecule has 1 amide bonds. The average molecular weight is 520 g/mol. The number of anilines is 1. The van der Waals surface area contributed by atoms with Gasteiger partial charge in [-0.2, -0.15) is 0 Å². The molecule has 0 aliphatic carbocycles. The molecule has 1 aromatic heterocycles. The predicted octanol–water partition coefficient (Wildman–Crippen LogP) is 5.27. The highest BCUT2D eigenvalue weighted by atomic mass is 32.2. The fourth-order valence-electron chi connectivity index (χ4n) is 4.39. The highest BCUT2D eigenvalue weighted by Gasteiger charge is 2.34. The van der Waals surface area contributed by atoms with Crippen molar-refractivity contribution in [2.75, 3.05) is 39.1 Å². The molecular formula is C28H25NO7S. The Morgan fingerprint density at radius 2 is 1.59 bits per heavy atom. The molecule has 1 aliphatic rings. The van der Waals surface area contributed by atoms with E-state index in [1.54, 1.807) is 55.5 Å². The van der Waals surface area contributed by atoms with Gasteiger partial charge < -0.3 is 23.4 Å². The Labute approximate surface area is 217 Å². The molecule has 0 saturated carbocycles. The number of methoxy groups -OCH3 is 4. The van der Waals surface area contributed by atoms with Gasteiger partial charge in [0.25, 0.3) is 0 Å². The number of amides is 1. The Morgan fingerprint density at radius 1 is 0.838 bits per heavy atom. The van der Waals surface area contributed by atoms with Crippen LogP contribution in [0.2, 0.25) is 0 Å². The molecule has 8 nitrogen and oxygen atoms in total. The number of thioether (sulfide) groups is 1. The van der Waals surface area contributed by atoms with Crippen molar-refractivity contribution < 1.29 is 28.2 Å². The van der Waals surface area contributed by atoms with Crippen LogP contribution in [0.1, 0.15) is 10.9 Å². The number of nitrogens with zero attached hydrogens (tertiary/aromatic N) is 1. The molecule has 9 heteroatoms. The summed E-state index contributed by atoms with van der Waals surface area (Å²) in [6, 6.07) is 18.0. The molecule has 1 aliphatic heterocycles. The van der Waals surface area contributed by atoms with E-state index in [0.29, 0.717) is 39.5 Å². The van der Waals surface area contributed by atoms with E-state index in [1.807, 2.05) is 24.3 Å². The van der Waals surface area contributed by atoms with Gasteiger partial charge in [-0.25, -0.2) is 0 Å². The molecule has 5 rings (SSSR count). The molecule has 0 bridgehead atoms. The minimum atomic E-state index is -0.337. The van der Waals surface area contributed by atoms with Crippen molar-refractivity contribution in [2.45, 2.75) is 5.37 Å². The summed E-state index contributed by atoms with van der Waals surface area (Å²) in [5.41, 5.74) is 2.21. The van der Waals surface area contributed by atoms with Crippen LogP contribution < -0.4 is 29.3 Å². The van der Waals surface area contributed by atoms with Crippen LogP contribution in [0.3, 0.4) is 0 Å². The number of carbonyl (C=O) groups is 1. The fraction of sp³-hybridized carbons (Fsp3) is 0.214.